The van der Waals surface area contributed by atoms with E-state index in [-0.39, 0.29) is 27.3 Å². The fourth-order valence-corrected chi connectivity index (χ4v) is 6.24. The summed E-state index contributed by atoms with van der Waals surface area (Å²) < 4.78 is 240. The Labute approximate surface area is 319 Å². The molecule has 0 fully saturated rings. The van der Waals surface area contributed by atoms with E-state index in [2.05, 4.69) is 29.9 Å². The van der Waals surface area contributed by atoms with Gasteiger partial charge in [-0.15, -0.1) is 0 Å². The van der Waals surface area contributed by atoms with Crippen molar-refractivity contribution in [2.45, 2.75) is 0 Å². The second-order valence-corrected chi connectivity index (χ2v) is 11.6. The molecule has 2 aliphatic rings. The van der Waals surface area contributed by atoms with E-state index in [1.165, 1.54) is 0 Å². The first-order chi connectivity index (χ1) is 26.4. The van der Waals surface area contributed by atoms with Crippen LogP contribution < -0.4 is 0 Å². The van der Waals surface area contributed by atoms with Crippen LogP contribution in [-0.4, -0.2) is 67.2 Å². The Morgan fingerprint density at radius 1 is 0.228 bits per heavy atom. The minimum atomic E-state index is -2.53. The molecule has 8 bridgehead atoms. The summed E-state index contributed by atoms with van der Waals surface area (Å²) in [5.41, 5.74) is -11.1. The van der Waals surface area contributed by atoms with Crippen LogP contribution in [0.4, 0.5) is 70.2 Å². The molecule has 288 valence electrons. The number of fused-ring (bicyclic) bond motifs is 20. The normalized spacial score (nSPS) is 12.1. The molecule has 4 aromatic carbocycles. The fourth-order valence-electron chi connectivity index (χ4n) is 6.24. The Bertz CT molecular complexity index is 2820. The van der Waals surface area contributed by atoms with Crippen molar-refractivity contribution in [3.8, 4) is 45.6 Å². The zero-order chi connectivity index (χ0) is 40.1. The van der Waals surface area contributed by atoms with Gasteiger partial charge in [0, 0.05) is 0 Å². The molecule has 0 aliphatic carbocycles. The van der Waals surface area contributed by atoms with E-state index in [0.29, 0.717) is 0 Å². The van der Waals surface area contributed by atoms with Crippen molar-refractivity contribution in [2.24, 2.45) is 0 Å². The standard InChI is InChI=1S/C32H2F16N8.Pb.2H/c33-9-1-2(10(34)18(42)17(9)41)26-49-25(1)53-27-3-4(12(36)20(44)19(43)11(3)35)29(50-27)55-31-7-8(16(40)24(48)23(47)15(7)39)32(52-31)56-30-6-5(28(51-30)54-26)13(37)21(45)22(46)14(6)38;;;/h(H2,49,50,51,52,53,54,55,56);;;. The third kappa shape index (κ3) is 4.87. The number of aromatic amines is 2. The van der Waals surface area contributed by atoms with E-state index in [4.69, 9.17) is 0 Å². The number of nitrogens with zero attached hydrogens (tertiary/aromatic N) is 6. The summed E-state index contributed by atoms with van der Waals surface area (Å²) in [5, 5.41) is -5.83. The first-order valence-corrected chi connectivity index (χ1v) is 14.7. The van der Waals surface area contributed by atoms with Crippen LogP contribution in [0, 0.1) is 93.1 Å². The topological polar surface area (TPSA) is 109 Å². The van der Waals surface area contributed by atoms with E-state index < -0.39 is 183 Å². The number of aromatic nitrogens is 8. The number of hydrogen-bond donors (Lipinski definition) is 2. The van der Waals surface area contributed by atoms with Crippen molar-refractivity contribution >= 4 is 71.4 Å². The molecule has 9 rings (SSSR count). The van der Waals surface area contributed by atoms with Crippen molar-refractivity contribution < 1.29 is 70.2 Å². The van der Waals surface area contributed by atoms with Gasteiger partial charge in [0.25, 0.3) is 0 Å². The van der Waals surface area contributed by atoms with Crippen molar-refractivity contribution in [1.29, 1.82) is 0 Å². The summed E-state index contributed by atoms with van der Waals surface area (Å²) in [6, 6.07) is 0. The van der Waals surface area contributed by atoms with Gasteiger partial charge in [0.15, 0.2) is 116 Å². The molecule has 0 unspecified atom stereocenters. The second kappa shape index (κ2) is 12.5. The first-order valence-electron chi connectivity index (χ1n) is 14.7. The molecule has 2 aliphatic heterocycles. The molecular formula is C32H4F16N8Pb. The Morgan fingerprint density at radius 2 is 0.404 bits per heavy atom. The van der Waals surface area contributed by atoms with Crippen LogP contribution >= 0.6 is 0 Å². The van der Waals surface area contributed by atoms with Crippen LogP contribution in [0.3, 0.4) is 0 Å². The van der Waals surface area contributed by atoms with Crippen molar-refractivity contribution in [2.75, 3.05) is 0 Å². The number of hydrogen-bond acceptors (Lipinski definition) is 6. The molecule has 57 heavy (non-hydrogen) atoms. The maximum atomic E-state index is 15.4. The van der Waals surface area contributed by atoms with Gasteiger partial charge in [-0.3, -0.25) is 0 Å². The van der Waals surface area contributed by atoms with Crippen LogP contribution in [0.15, 0.2) is 0 Å². The Kier molecular flexibility index (Phi) is 8.33. The van der Waals surface area contributed by atoms with Gasteiger partial charge in [0.1, 0.15) is 22.6 Å². The molecule has 0 amide bonds. The Morgan fingerprint density at radius 3 is 0.596 bits per heavy atom. The summed E-state index contributed by atoms with van der Waals surface area (Å²) in [6.45, 7) is 0. The van der Waals surface area contributed by atoms with Crippen LogP contribution in [0.2, 0.25) is 0 Å². The van der Waals surface area contributed by atoms with Gasteiger partial charge in [0.05, 0.1) is 43.8 Å². The zero-order valence-electron chi connectivity index (χ0n) is 26.4. The van der Waals surface area contributed by atoms with Crippen LogP contribution in [0.1, 0.15) is 0 Å². The SMILES string of the molecule is Fc1c(F)c(F)c2c(c1F)-c1nc-2nc2[nH]c(nc3nc(nc4[nH]c(n1)c1c(F)c(F)c(F)c(F)c41)-c1c(F)c(F)c(F)c(F)c1-3)c1c(F)c(F)c(F)c(F)c21.[PbH2]. The number of halogens is 16. The first kappa shape index (κ1) is 37.9. The number of benzene rings is 4. The van der Waals surface area contributed by atoms with Gasteiger partial charge >= 0.3 is 27.3 Å². The second-order valence-electron chi connectivity index (χ2n) is 11.6. The molecule has 25 heteroatoms. The van der Waals surface area contributed by atoms with E-state index in [1.54, 1.807) is 0 Å². The van der Waals surface area contributed by atoms with Crippen LogP contribution in [0.5, 0.6) is 0 Å². The summed E-state index contributed by atoms with van der Waals surface area (Å²) >= 11 is 0. The summed E-state index contributed by atoms with van der Waals surface area (Å²) in [6.07, 6.45) is 0. The number of rotatable bonds is 0. The third-order valence-corrected chi connectivity index (χ3v) is 8.68. The molecule has 5 heterocycles. The maximum absolute atomic E-state index is 15.4. The summed E-state index contributed by atoms with van der Waals surface area (Å²) in [5.74, 6) is -44.2. The van der Waals surface area contributed by atoms with E-state index in [1.807, 2.05) is 9.97 Å². The zero-order valence-corrected chi connectivity index (χ0v) is 31.9. The fraction of sp³-hybridized carbons (Fsp3) is 0. The van der Waals surface area contributed by atoms with Gasteiger partial charge in [-0.1, -0.05) is 0 Å². The molecule has 3 aromatic heterocycles. The summed E-state index contributed by atoms with van der Waals surface area (Å²) in [7, 11) is 0. The quantitative estimate of drug-likeness (QED) is 0.0688. The Balaban J connectivity index is 0.00000455. The molecule has 0 saturated heterocycles. The van der Waals surface area contributed by atoms with Gasteiger partial charge in [0.2, 0.25) is 0 Å². The molecule has 2 radical (unpaired) electrons. The van der Waals surface area contributed by atoms with E-state index >= 15 is 35.1 Å². The van der Waals surface area contributed by atoms with Crippen molar-refractivity contribution in [1.82, 2.24) is 39.9 Å². The molecule has 0 spiro atoms. The molecule has 2 N–H and O–H groups in total. The van der Waals surface area contributed by atoms with Crippen LogP contribution in [-0.2, 0) is 0 Å². The Hall–Kier alpha value is -5.96. The molecule has 8 nitrogen and oxygen atoms in total. The average Bonchev–Trinajstić information content (AvgIpc) is 3.92. The number of H-pyrrole nitrogens is 2. The van der Waals surface area contributed by atoms with Gasteiger partial charge in [-0.05, 0) is 0 Å². The van der Waals surface area contributed by atoms with E-state index in [9.17, 15) is 35.1 Å². The van der Waals surface area contributed by atoms with Gasteiger partial charge in [-0.25, -0.2) is 100 Å². The molecule has 0 saturated carbocycles. The predicted octanol–water partition coefficient (Wildman–Crippen LogP) is 8.18. The summed E-state index contributed by atoms with van der Waals surface area (Å²) in [4.78, 5) is 25.5. The van der Waals surface area contributed by atoms with Gasteiger partial charge < -0.3 is 9.97 Å². The molecule has 0 atom stereocenters. The van der Waals surface area contributed by atoms with Crippen molar-refractivity contribution in [3.63, 3.8) is 0 Å². The third-order valence-electron chi connectivity index (χ3n) is 8.68. The van der Waals surface area contributed by atoms with Gasteiger partial charge in [-0.2, -0.15) is 0 Å². The molecule has 7 aromatic rings. The average molecular weight is 1010 g/mol. The van der Waals surface area contributed by atoms with Crippen molar-refractivity contribution in [3.05, 3.63) is 93.1 Å². The molecular weight excluding hydrogens is 1010 g/mol. The number of nitrogens with one attached hydrogen (secondary N) is 2. The predicted molar refractivity (Wildman–Crippen MR) is 164 cm³/mol. The van der Waals surface area contributed by atoms with E-state index in [0.717, 1.165) is 0 Å². The minimum absolute atomic E-state index is 0. The van der Waals surface area contributed by atoms with Crippen LogP contribution in [0.25, 0.3) is 89.7 Å². The monoisotopic (exact) mass is 1010 g/mol.